The summed E-state index contributed by atoms with van der Waals surface area (Å²) in [4.78, 5) is 0. The lowest BCUT2D eigenvalue weighted by molar-refractivity contribution is 0.350. The second-order valence-electron chi connectivity index (χ2n) is 4.58. The Labute approximate surface area is 86.5 Å². The van der Waals surface area contributed by atoms with Gasteiger partial charge in [0.15, 0.2) is 0 Å². The summed E-state index contributed by atoms with van der Waals surface area (Å²) in [5.41, 5.74) is 1.63. The predicted molar refractivity (Wildman–Crippen MR) is 59.3 cm³/mol. The van der Waals surface area contributed by atoms with Gasteiger partial charge in [-0.3, -0.25) is 4.68 Å². The van der Waals surface area contributed by atoms with Crippen LogP contribution in [0.4, 0.5) is 0 Å². The van der Waals surface area contributed by atoms with Gasteiger partial charge in [0.2, 0.25) is 0 Å². The number of nitrogens with one attached hydrogen (secondary N) is 1. The molecule has 1 rings (SSSR count). The van der Waals surface area contributed by atoms with Gasteiger partial charge in [-0.05, 0) is 31.4 Å². The van der Waals surface area contributed by atoms with Gasteiger partial charge < -0.3 is 5.32 Å². The lowest BCUT2D eigenvalue weighted by Crippen LogP contribution is -2.28. The maximum absolute atomic E-state index is 4.28. The average molecular weight is 195 g/mol. The van der Waals surface area contributed by atoms with Gasteiger partial charge in [0.1, 0.15) is 0 Å². The fourth-order valence-electron chi connectivity index (χ4n) is 1.76. The molecule has 1 N–H and O–H groups in total. The number of nitrogens with zero attached hydrogens (tertiary/aromatic N) is 2. The maximum Gasteiger partial charge on any atom is 0.0521 e. The van der Waals surface area contributed by atoms with Gasteiger partial charge in [0, 0.05) is 19.3 Å². The zero-order valence-corrected chi connectivity index (χ0v) is 9.67. The number of rotatable bonds is 5. The SMILES string of the molecule is CCn1cc(CC(C)(C)CNC)cn1. The van der Waals surface area contributed by atoms with Crippen molar-refractivity contribution in [2.45, 2.75) is 33.7 Å². The molecular weight excluding hydrogens is 174 g/mol. The van der Waals surface area contributed by atoms with Crippen LogP contribution in [0.15, 0.2) is 12.4 Å². The summed E-state index contributed by atoms with van der Waals surface area (Å²) in [6.07, 6.45) is 5.19. The van der Waals surface area contributed by atoms with Crippen LogP contribution in [0.5, 0.6) is 0 Å². The van der Waals surface area contributed by atoms with Crippen LogP contribution in [-0.4, -0.2) is 23.4 Å². The topological polar surface area (TPSA) is 29.9 Å². The summed E-state index contributed by atoms with van der Waals surface area (Å²) < 4.78 is 1.98. The standard InChI is InChI=1S/C11H21N3/c1-5-14-8-10(7-13-14)6-11(2,3)9-12-4/h7-8,12H,5-6,9H2,1-4H3. The third kappa shape index (κ3) is 3.14. The molecule has 0 aromatic carbocycles. The number of aryl methyl sites for hydroxylation is 1. The molecule has 0 bridgehead atoms. The largest absolute Gasteiger partial charge is 0.319 e. The minimum atomic E-state index is 0.302. The highest BCUT2D eigenvalue weighted by atomic mass is 15.3. The Bertz CT molecular complexity index is 276. The first-order valence-corrected chi connectivity index (χ1v) is 5.23. The molecule has 0 saturated heterocycles. The molecule has 0 atom stereocenters. The molecule has 0 aliphatic carbocycles. The summed E-state index contributed by atoms with van der Waals surface area (Å²) in [6, 6.07) is 0. The van der Waals surface area contributed by atoms with Gasteiger partial charge in [-0.15, -0.1) is 0 Å². The van der Waals surface area contributed by atoms with Gasteiger partial charge in [-0.25, -0.2) is 0 Å². The molecule has 0 unspecified atom stereocenters. The summed E-state index contributed by atoms with van der Waals surface area (Å²) in [5, 5.41) is 7.50. The average Bonchev–Trinajstić information content (AvgIpc) is 2.51. The van der Waals surface area contributed by atoms with Crippen molar-refractivity contribution in [1.82, 2.24) is 15.1 Å². The molecule has 0 radical (unpaired) electrons. The van der Waals surface area contributed by atoms with E-state index in [1.54, 1.807) is 0 Å². The van der Waals surface area contributed by atoms with Gasteiger partial charge in [-0.2, -0.15) is 5.10 Å². The van der Waals surface area contributed by atoms with E-state index < -0.39 is 0 Å². The van der Waals surface area contributed by atoms with Crippen molar-refractivity contribution < 1.29 is 0 Å². The second kappa shape index (κ2) is 4.60. The van der Waals surface area contributed by atoms with Crippen LogP contribution in [-0.2, 0) is 13.0 Å². The third-order valence-electron chi connectivity index (χ3n) is 2.35. The molecule has 1 aromatic rings. The summed E-state index contributed by atoms with van der Waals surface area (Å²) in [5.74, 6) is 0. The highest BCUT2D eigenvalue weighted by molar-refractivity contribution is 5.06. The van der Waals surface area contributed by atoms with Crippen molar-refractivity contribution in [2.75, 3.05) is 13.6 Å². The van der Waals surface area contributed by atoms with E-state index >= 15 is 0 Å². The molecule has 0 fully saturated rings. The second-order valence-corrected chi connectivity index (χ2v) is 4.58. The monoisotopic (exact) mass is 195 g/mol. The third-order valence-corrected chi connectivity index (χ3v) is 2.35. The molecule has 14 heavy (non-hydrogen) atoms. The summed E-state index contributed by atoms with van der Waals surface area (Å²) in [7, 11) is 2.00. The molecule has 0 spiro atoms. The Morgan fingerprint density at radius 3 is 2.71 bits per heavy atom. The number of aromatic nitrogens is 2. The van der Waals surface area contributed by atoms with Crippen LogP contribution in [0, 0.1) is 5.41 Å². The Hall–Kier alpha value is -0.830. The Kier molecular flexibility index (Phi) is 3.69. The van der Waals surface area contributed by atoms with Crippen LogP contribution in [0.2, 0.25) is 0 Å². The van der Waals surface area contributed by atoms with Crippen LogP contribution < -0.4 is 5.32 Å². The van der Waals surface area contributed by atoms with Crippen molar-refractivity contribution in [3.63, 3.8) is 0 Å². The number of hydrogen-bond donors (Lipinski definition) is 1. The molecule has 0 amide bonds. The molecule has 3 heteroatoms. The van der Waals surface area contributed by atoms with Gasteiger partial charge in [0.25, 0.3) is 0 Å². The summed E-state index contributed by atoms with van der Waals surface area (Å²) >= 11 is 0. The van der Waals surface area contributed by atoms with E-state index in [-0.39, 0.29) is 0 Å². The minimum Gasteiger partial charge on any atom is -0.319 e. The quantitative estimate of drug-likeness (QED) is 0.775. The van der Waals surface area contributed by atoms with Crippen LogP contribution >= 0.6 is 0 Å². The molecule has 0 saturated carbocycles. The van der Waals surface area contributed by atoms with Gasteiger partial charge in [-0.1, -0.05) is 13.8 Å². The van der Waals surface area contributed by atoms with Crippen molar-refractivity contribution in [3.05, 3.63) is 18.0 Å². The Balaban J connectivity index is 2.58. The van der Waals surface area contributed by atoms with Gasteiger partial charge in [0.05, 0.1) is 6.20 Å². The van der Waals surface area contributed by atoms with Crippen molar-refractivity contribution in [2.24, 2.45) is 5.41 Å². The zero-order valence-electron chi connectivity index (χ0n) is 9.67. The normalized spacial score (nSPS) is 12.0. The van der Waals surface area contributed by atoms with E-state index in [9.17, 15) is 0 Å². The molecule has 1 heterocycles. The van der Waals surface area contributed by atoms with Crippen LogP contribution in [0.25, 0.3) is 0 Å². The van der Waals surface area contributed by atoms with Crippen LogP contribution in [0.1, 0.15) is 26.3 Å². The molecule has 0 aliphatic heterocycles. The fourth-order valence-corrected chi connectivity index (χ4v) is 1.76. The van der Waals surface area contributed by atoms with E-state index in [1.807, 2.05) is 17.9 Å². The lowest BCUT2D eigenvalue weighted by Gasteiger charge is -2.23. The smallest absolute Gasteiger partial charge is 0.0521 e. The Morgan fingerprint density at radius 1 is 1.50 bits per heavy atom. The predicted octanol–water partition coefficient (Wildman–Crippen LogP) is 1.69. The summed E-state index contributed by atoms with van der Waals surface area (Å²) in [6.45, 7) is 8.63. The minimum absolute atomic E-state index is 0.302. The van der Waals surface area contributed by atoms with E-state index in [0.717, 1.165) is 19.5 Å². The zero-order chi connectivity index (χ0) is 10.6. The first kappa shape index (κ1) is 11.2. The molecule has 0 aliphatic rings. The first-order chi connectivity index (χ1) is 6.57. The maximum atomic E-state index is 4.28. The van der Waals surface area contributed by atoms with Crippen molar-refractivity contribution >= 4 is 0 Å². The van der Waals surface area contributed by atoms with Crippen molar-refractivity contribution in [3.8, 4) is 0 Å². The van der Waals surface area contributed by atoms with E-state index in [2.05, 4.69) is 37.4 Å². The van der Waals surface area contributed by atoms with Gasteiger partial charge >= 0.3 is 0 Å². The first-order valence-electron chi connectivity index (χ1n) is 5.23. The molecule has 80 valence electrons. The fraction of sp³-hybridized carbons (Fsp3) is 0.727. The number of hydrogen-bond acceptors (Lipinski definition) is 2. The van der Waals surface area contributed by atoms with Crippen molar-refractivity contribution in [1.29, 1.82) is 0 Å². The van der Waals surface area contributed by atoms with E-state index in [0.29, 0.717) is 5.41 Å². The van der Waals surface area contributed by atoms with Crippen LogP contribution in [0.3, 0.4) is 0 Å². The van der Waals surface area contributed by atoms with E-state index in [4.69, 9.17) is 0 Å². The molecule has 3 nitrogen and oxygen atoms in total. The Morgan fingerprint density at radius 2 is 2.21 bits per heavy atom. The highest BCUT2D eigenvalue weighted by Gasteiger charge is 2.18. The van der Waals surface area contributed by atoms with E-state index in [1.165, 1.54) is 5.56 Å². The lowest BCUT2D eigenvalue weighted by atomic mass is 9.87. The highest BCUT2D eigenvalue weighted by Crippen LogP contribution is 2.20. The molecular formula is C11H21N3. The molecule has 1 aromatic heterocycles.